The zero-order chi connectivity index (χ0) is 12.2. The van der Waals surface area contributed by atoms with Crippen LogP contribution < -0.4 is 15.2 Å². The average molecular weight is 246 g/mol. The van der Waals surface area contributed by atoms with Crippen molar-refractivity contribution in [2.24, 2.45) is 0 Å². The predicted molar refractivity (Wildman–Crippen MR) is 59.7 cm³/mol. The fraction of sp³-hybridized carbons (Fsp3) is 0.333. The summed E-state index contributed by atoms with van der Waals surface area (Å²) < 4.78 is 30.1. The maximum Gasteiger partial charge on any atom is 0.240 e. The van der Waals surface area contributed by atoms with Gasteiger partial charge < -0.3 is 15.6 Å². The van der Waals surface area contributed by atoms with E-state index in [0.29, 0.717) is 5.75 Å². The van der Waals surface area contributed by atoms with Gasteiger partial charge in [0.05, 0.1) is 17.2 Å². The lowest BCUT2D eigenvalue weighted by Gasteiger charge is -2.09. The molecule has 0 fully saturated rings. The topological polar surface area (TPSA) is 102 Å². The van der Waals surface area contributed by atoms with Crippen molar-refractivity contribution >= 4 is 15.7 Å². The van der Waals surface area contributed by atoms with E-state index in [1.54, 1.807) is 0 Å². The lowest BCUT2D eigenvalue weighted by molar-refractivity contribution is 0.202. The molecule has 0 aliphatic rings. The third kappa shape index (κ3) is 2.84. The molecule has 16 heavy (non-hydrogen) atoms. The third-order valence-electron chi connectivity index (χ3n) is 1.91. The van der Waals surface area contributed by atoms with Gasteiger partial charge in [0, 0.05) is 0 Å². The van der Waals surface area contributed by atoms with Crippen LogP contribution in [0.3, 0.4) is 0 Å². The SMILES string of the molecule is CNS(=O)(=O)c1ccc(OCCO)c(N)c1. The molecule has 0 amide bonds. The van der Waals surface area contributed by atoms with Gasteiger partial charge in [-0.2, -0.15) is 0 Å². The standard InChI is InChI=1S/C9H14N2O4S/c1-11-16(13,14)7-2-3-9(8(10)6-7)15-5-4-12/h2-3,6,11-12H,4-5,10H2,1H3. The number of sulfonamides is 1. The van der Waals surface area contributed by atoms with Gasteiger partial charge in [0.1, 0.15) is 12.4 Å². The Balaban J connectivity index is 3.00. The predicted octanol–water partition coefficient (Wildman–Crippen LogP) is -0.452. The summed E-state index contributed by atoms with van der Waals surface area (Å²) in [7, 11) is -2.17. The minimum atomic E-state index is -3.49. The van der Waals surface area contributed by atoms with E-state index in [-0.39, 0.29) is 23.8 Å². The number of benzene rings is 1. The number of rotatable bonds is 5. The van der Waals surface area contributed by atoms with Crippen LogP contribution in [0, 0.1) is 0 Å². The summed E-state index contributed by atoms with van der Waals surface area (Å²) >= 11 is 0. The van der Waals surface area contributed by atoms with Gasteiger partial charge in [0.15, 0.2) is 0 Å². The van der Waals surface area contributed by atoms with Gasteiger partial charge in [-0.25, -0.2) is 13.1 Å². The number of nitrogen functional groups attached to an aromatic ring is 1. The quantitative estimate of drug-likeness (QED) is 0.611. The van der Waals surface area contributed by atoms with Gasteiger partial charge in [-0.1, -0.05) is 0 Å². The fourth-order valence-corrected chi connectivity index (χ4v) is 1.86. The number of hydrogen-bond donors (Lipinski definition) is 3. The van der Waals surface area contributed by atoms with Crippen molar-refractivity contribution in [2.75, 3.05) is 26.0 Å². The summed E-state index contributed by atoms with van der Waals surface area (Å²) in [5, 5.41) is 8.57. The normalized spacial score (nSPS) is 11.4. The summed E-state index contributed by atoms with van der Waals surface area (Å²) in [6.45, 7) is -0.0155. The summed E-state index contributed by atoms with van der Waals surface area (Å²) in [6.07, 6.45) is 0. The van der Waals surface area contributed by atoms with Crippen LogP contribution in [-0.2, 0) is 10.0 Å². The number of hydrogen-bond acceptors (Lipinski definition) is 5. The van der Waals surface area contributed by atoms with Crippen LogP contribution in [0.4, 0.5) is 5.69 Å². The number of anilines is 1. The van der Waals surface area contributed by atoms with Gasteiger partial charge in [-0.3, -0.25) is 0 Å². The molecule has 1 aromatic carbocycles. The zero-order valence-electron chi connectivity index (χ0n) is 8.80. The molecular weight excluding hydrogens is 232 g/mol. The molecule has 6 nitrogen and oxygen atoms in total. The molecule has 0 spiro atoms. The largest absolute Gasteiger partial charge is 0.489 e. The smallest absolute Gasteiger partial charge is 0.240 e. The molecule has 0 radical (unpaired) electrons. The highest BCUT2D eigenvalue weighted by atomic mass is 32.2. The molecule has 0 aliphatic carbocycles. The highest BCUT2D eigenvalue weighted by Gasteiger charge is 2.13. The van der Waals surface area contributed by atoms with E-state index in [4.69, 9.17) is 15.6 Å². The molecule has 90 valence electrons. The maximum atomic E-state index is 11.4. The maximum absolute atomic E-state index is 11.4. The lowest BCUT2D eigenvalue weighted by atomic mass is 10.3. The minimum absolute atomic E-state index is 0.0730. The van der Waals surface area contributed by atoms with E-state index in [0.717, 1.165) is 0 Å². The molecule has 7 heteroatoms. The Labute approximate surface area is 94.1 Å². The first-order chi connectivity index (χ1) is 7.51. The van der Waals surface area contributed by atoms with Crippen molar-refractivity contribution in [1.82, 2.24) is 4.72 Å². The van der Waals surface area contributed by atoms with Crippen molar-refractivity contribution < 1.29 is 18.3 Å². The zero-order valence-corrected chi connectivity index (χ0v) is 9.62. The van der Waals surface area contributed by atoms with E-state index in [2.05, 4.69) is 4.72 Å². The van der Waals surface area contributed by atoms with Crippen LogP contribution in [0.5, 0.6) is 5.75 Å². The monoisotopic (exact) mass is 246 g/mol. The molecule has 0 saturated carbocycles. The van der Waals surface area contributed by atoms with Gasteiger partial charge >= 0.3 is 0 Å². The molecule has 0 heterocycles. The van der Waals surface area contributed by atoms with Crippen LogP contribution in [0.15, 0.2) is 23.1 Å². The Kier molecular flexibility index (Phi) is 4.11. The number of nitrogens with one attached hydrogen (secondary N) is 1. The molecule has 0 aliphatic heterocycles. The van der Waals surface area contributed by atoms with Gasteiger partial charge in [-0.05, 0) is 25.2 Å². The fourth-order valence-electron chi connectivity index (χ4n) is 1.10. The van der Waals surface area contributed by atoms with Crippen LogP contribution >= 0.6 is 0 Å². The van der Waals surface area contributed by atoms with E-state index >= 15 is 0 Å². The Morgan fingerprint density at radius 1 is 1.50 bits per heavy atom. The molecule has 0 saturated heterocycles. The van der Waals surface area contributed by atoms with Crippen molar-refractivity contribution in [1.29, 1.82) is 0 Å². The number of nitrogens with two attached hydrogens (primary N) is 1. The van der Waals surface area contributed by atoms with Crippen molar-refractivity contribution in [2.45, 2.75) is 4.90 Å². The molecule has 4 N–H and O–H groups in total. The second-order valence-corrected chi connectivity index (χ2v) is 4.87. The number of aliphatic hydroxyl groups excluding tert-OH is 1. The summed E-state index contributed by atoms with van der Waals surface area (Å²) in [6, 6.07) is 4.14. The average Bonchev–Trinajstić information content (AvgIpc) is 2.27. The highest BCUT2D eigenvalue weighted by Crippen LogP contribution is 2.24. The van der Waals surface area contributed by atoms with Gasteiger partial charge in [0.2, 0.25) is 10.0 Å². The Morgan fingerprint density at radius 3 is 2.69 bits per heavy atom. The molecule has 0 bridgehead atoms. The molecule has 0 atom stereocenters. The molecule has 1 rings (SSSR count). The van der Waals surface area contributed by atoms with Crippen LogP contribution in [-0.4, -0.2) is 33.8 Å². The van der Waals surface area contributed by atoms with Crippen LogP contribution in [0.2, 0.25) is 0 Å². The summed E-state index contributed by atoms with van der Waals surface area (Å²) in [4.78, 5) is 0.0730. The Morgan fingerprint density at radius 2 is 2.19 bits per heavy atom. The molecule has 0 aromatic heterocycles. The second kappa shape index (κ2) is 5.15. The first-order valence-corrected chi connectivity index (χ1v) is 6.06. The Hall–Kier alpha value is -1.31. The third-order valence-corrected chi connectivity index (χ3v) is 3.32. The van der Waals surface area contributed by atoms with Crippen molar-refractivity contribution in [3.63, 3.8) is 0 Å². The van der Waals surface area contributed by atoms with Crippen molar-refractivity contribution in [3.8, 4) is 5.75 Å². The number of ether oxygens (including phenoxy) is 1. The Bertz CT molecular complexity index is 459. The molecular formula is C9H14N2O4S. The lowest BCUT2D eigenvalue weighted by Crippen LogP contribution is -2.18. The van der Waals surface area contributed by atoms with Crippen LogP contribution in [0.25, 0.3) is 0 Å². The van der Waals surface area contributed by atoms with Gasteiger partial charge in [0.25, 0.3) is 0 Å². The van der Waals surface area contributed by atoms with Crippen molar-refractivity contribution in [3.05, 3.63) is 18.2 Å². The first-order valence-electron chi connectivity index (χ1n) is 4.58. The van der Waals surface area contributed by atoms with E-state index in [1.165, 1.54) is 25.2 Å². The number of aliphatic hydroxyl groups is 1. The van der Waals surface area contributed by atoms with E-state index in [9.17, 15) is 8.42 Å². The van der Waals surface area contributed by atoms with Gasteiger partial charge in [-0.15, -0.1) is 0 Å². The molecule has 0 unspecified atom stereocenters. The van der Waals surface area contributed by atoms with E-state index < -0.39 is 10.0 Å². The summed E-state index contributed by atoms with van der Waals surface area (Å²) in [5.74, 6) is 0.351. The highest BCUT2D eigenvalue weighted by molar-refractivity contribution is 7.89. The minimum Gasteiger partial charge on any atom is -0.489 e. The second-order valence-electron chi connectivity index (χ2n) is 2.98. The first kappa shape index (κ1) is 12.8. The molecule has 1 aromatic rings. The summed E-state index contributed by atoms with van der Waals surface area (Å²) in [5.41, 5.74) is 5.83. The van der Waals surface area contributed by atoms with E-state index in [1.807, 2.05) is 0 Å². The van der Waals surface area contributed by atoms with Crippen LogP contribution in [0.1, 0.15) is 0 Å².